The van der Waals surface area contributed by atoms with Gasteiger partial charge in [-0.1, -0.05) is 0 Å². The van der Waals surface area contributed by atoms with E-state index in [1.807, 2.05) is 0 Å². The number of rotatable bonds is 6. The molecular formula is C15H18N2O5S. The van der Waals surface area contributed by atoms with Crippen LogP contribution in [0.4, 0.5) is 4.79 Å². The van der Waals surface area contributed by atoms with Crippen LogP contribution in [0.25, 0.3) is 6.08 Å². The summed E-state index contributed by atoms with van der Waals surface area (Å²) >= 11 is 0.884. The Labute approximate surface area is 138 Å². The van der Waals surface area contributed by atoms with E-state index in [-0.39, 0.29) is 24.2 Å². The summed E-state index contributed by atoms with van der Waals surface area (Å²) in [4.78, 5) is 25.5. The van der Waals surface area contributed by atoms with E-state index in [1.54, 1.807) is 18.2 Å². The molecular weight excluding hydrogens is 320 g/mol. The lowest BCUT2D eigenvalue weighted by Crippen LogP contribution is -2.33. The predicted octanol–water partition coefficient (Wildman–Crippen LogP) is 1.71. The second-order valence-corrected chi connectivity index (χ2v) is 5.57. The zero-order valence-electron chi connectivity index (χ0n) is 13.1. The third-order valence-corrected chi connectivity index (χ3v) is 4.12. The van der Waals surface area contributed by atoms with Crippen LogP contribution in [0.3, 0.4) is 0 Å². The fourth-order valence-corrected chi connectivity index (χ4v) is 3.02. The number of imide groups is 1. The van der Waals surface area contributed by atoms with Gasteiger partial charge in [0.05, 0.1) is 26.2 Å². The predicted molar refractivity (Wildman–Crippen MR) is 87.8 cm³/mol. The van der Waals surface area contributed by atoms with Crippen molar-refractivity contribution in [1.82, 2.24) is 4.90 Å². The van der Waals surface area contributed by atoms with Gasteiger partial charge in [0.25, 0.3) is 11.1 Å². The van der Waals surface area contributed by atoms with Crippen molar-refractivity contribution < 1.29 is 23.8 Å². The Kier molecular flexibility index (Phi) is 5.51. The molecule has 1 saturated heterocycles. The molecule has 0 saturated carbocycles. The van der Waals surface area contributed by atoms with Gasteiger partial charge in [0.2, 0.25) is 5.75 Å². The minimum absolute atomic E-state index is 0.206. The number of ether oxygens (including phenoxy) is 3. The van der Waals surface area contributed by atoms with Gasteiger partial charge in [0.1, 0.15) is 0 Å². The van der Waals surface area contributed by atoms with Gasteiger partial charge in [-0.15, -0.1) is 0 Å². The third kappa shape index (κ3) is 3.43. The summed E-state index contributed by atoms with van der Waals surface area (Å²) in [6.07, 6.45) is 1.62. The molecule has 0 radical (unpaired) electrons. The number of benzene rings is 1. The van der Waals surface area contributed by atoms with E-state index in [9.17, 15) is 9.59 Å². The first-order chi connectivity index (χ1) is 11.0. The highest BCUT2D eigenvalue weighted by atomic mass is 32.2. The molecule has 2 amide bonds. The molecule has 8 heteroatoms. The van der Waals surface area contributed by atoms with E-state index >= 15 is 0 Å². The van der Waals surface area contributed by atoms with E-state index in [2.05, 4.69) is 0 Å². The Morgan fingerprint density at radius 3 is 2.22 bits per heavy atom. The lowest BCUT2D eigenvalue weighted by Gasteiger charge is -2.13. The van der Waals surface area contributed by atoms with Crippen LogP contribution in [0.5, 0.6) is 17.2 Å². The summed E-state index contributed by atoms with van der Waals surface area (Å²) in [6.45, 7) is 0.437. The van der Waals surface area contributed by atoms with Crippen molar-refractivity contribution in [2.24, 2.45) is 5.73 Å². The van der Waals surface area contributed by atoms with Crippen molar-refractivity contribution in [2.75, 3.05) is 34.4 Å². The first kappa shape index (κ1) is 17.2. The number of nitrogens with zero attached hydrogens (tertiary/aromatic N) is 1. The van der Waals surface area contributed by atoms with Crippen LogP contribution in [0.2, 0.25) is 0 Å². The quantitative estimate of drug-likeness (QED) is 0.789. The molecule has 0 bridgehead atoms. The van der Waals surface area contributed by atoms with Gasteiger partial charge < -0.3 is 19.9 Å². The molecule has 1 aliphatic heterocycles. The molecule has 1 aromatic carbocycles. The average Bonchev–Trinajstić information content (AvgIpc) is 2.81. The largest absolute Gasteiger partial charge is 0.493 e. The maximum atomic E-state index is 12.2. The van der Waals surface area contributed by atoms with Crippen molar-refractivity contribution in [1.29, 1.82) is 0 Å². The Morgan fingerprint density at radius 2 is 1.74 bits per heavy atom. The maximum Gasteiger partial charge on any atom is 0.293 e. The molecule has 1 fully saturated rings. The van der Waals surface area contributed by atoms with Gasteiger partial charge in [-0.2, -0.15) is 0 Å². The molecule has 0 aliphatic carbocycles. The van der Waals surface area contributed by atoms with Gasteiger partial charge in [0, 0.05) is 13.1 Å². The molecule has 124 valence electrons. The van der Waals surface area contributed by atoms with Crippen molar-refractivity contribution in [3.05, 3.63) is 22.6 Å². The number of hydrogen-bond donors (Lipinski definition) is 1. The van der Waals surface area contributed by atoms with Gasteiger partial charge in [-0.25, -0.2) is 0 Å². The van der Waals surface area contributed by atoms with Crippen LogP contribution in [-0.2, 0) is 4.79 Å². The molecule has 23 heavy (non-hydrogen) atoms. The average molecular weight is 338 g/mol. The number of methoxy groups -OCH3 is 3. The van der Waals surface area contributed by atoms with Crippen molar-refractivity contribution >= 4 is 29.0 Å². The van der Waals surface area contributed by atoms with Crippen molar-refractivity contribution in [3.8, 4) is 17.2 Å². The molecule has 2 N–H and O–H groups in total. The Morgan fingerprint density at radius 1 is 1.13 bits per heavy atom. The van der Waals surface area contributed by atoms with Gasteiger partial charge in [0.15, 0.2) is 11.5 Å². The summed E-state index contributed by atoms with van der Waals surface area (Å²) in [5.74, 6) is 1.06. The third-order valence-electron chi connectivity index (χ3n) is 3.21. The van der Waals surface area contributed by atoms with E-state index in [0.717, 1.165) is 16.7 Å². The second kappa shape index (κ2) is 7.38. The van der Waals surface area contributed by atoms with Crippen molar-refractivity contribution in [2.45, 2.75) is 0 Å². The zero-order chi connectivity index (χ0) is 17.0. The maximum absolute atomic E-state index is 12.2. The first-order valence-electron chi connectivity index (χ1n) is 6.81. The lowest BCUT2D eigenvalue weighted by atomic mass is 10.1. The highest BCUT2D eigenvalue weighted by Crippen LogP contribution is 2.40. The van der Waals surface area contributed by atoms with Crippen LogP contribution in [-0.4, -0.2) is 50.5 Å². The second-order valence-electron chi connectivity index (χ2n) is 4.58. The van der Waals surface area contributed by atoms with Gasteiger partial charge >= 0.3 is 0 Å². The Hall–Kier alpha value is -2.19. The molecule has 1 heterocycles. The minimum atomic E-state index is -0.348. The molecule has 1 aromatic rings. The smallest absolute Gasteiger partial charge is 0.293 e. The standard InChI is InChI=1S/C15H18N2O5S/c1-20-10-6-9(7-11(21-2)13(10)22-3)8-12-14(18)17(5-4-16)15(19)23-12/h6-8H,4-5,16H2,1-3H3. The van der Waals surface area contributed by atoms with Crippen molar-refractivity contribution in [3.63, 3.8) is 0 Å². The fourth-order valence-electron chi connectivity index (χ4n) is 2.16. The van der Waals surface area contributed by atoms with Crippen LogP contribution in [0.1, 0.15) is 5.56 Å². The molecule has 7 nitrogen and oxygen atoms in total. The summed E-state index contributed by atoms with van der Waals surface area (Å²) in [6, 6.07) is 3.41. The first-order valence-corrected chi connectivity index (χ1v) is 7.62. The monoisotopic (exact) mass is 338 g/mol. The summed E-state index contributed by atoms with van der Waals surface area (Å²) < 4.78 is 15.8. The summed E-state index contributed by atoms with van der Waals surface area (Å²) in [5.41, 5.74) is 6.08. The summed E-state index contributed by atoms with van der Waals surface area (Å²) in [7, 11) is 4.53. The van der Waals surface area contributed by atoms with Gasteiger partial charge in [-0.05, 0) is 35.5 Å². The summed E-state index contributed by atoms with van der Waals surface area (Å²) in [5, 5.41) is -0.320. The highest BCUT2D eigenvalue weighted by molar-refractivity contribution is 8.18. The van der Waals surface area contributed by atoms with E-state index < -0.39 is 0 Å². The Bertz CT molecular complexity index is 634. The zero-order valence-corrected chi connectivity index (χ0v) is 13.9. The van der Waals surface area contributed by atoms with Crippen LogP contribution < -0.4 is 19.9 Å². The number of thioether (sulfide) groups is 1. The van der Waals surface area contributed by atoms with E-state index in [4.69, 9.17) is 19.9 Å². The van der Waals surface area contributed by atoms with E-state index in [1.165, 1.54) is 21.3 Å². The molecule has 0 unspecified atom stereocenters. The van der Waals surface area contributed by atoms with Crippen LogP contribution >= 0.6 is 11.8 Å². The SMILES string of the molecule is COc1cc(C=C2SC(=O)N(CCN)C2=O)cc(OC)c1OC. The minimum Gasteiger partial charge on any atom is -0.493 e. The number of carbonyl (C=O) groups excluding carboxylic acids is 2. The number of nitrogens with two attached hydrogens (primary N) is 1. The van der Waals surface area contributed by atoms with Gasteiger partial charge in [-0.3, -0.25) is 14.5 Å². The normalized spacial score (nSPS) is 16.2. The van der Waals surface area contributed by atoms with Crippen LogP contribution in [0.15, 0.2) is 17.0 Å². The molecule has 0 spiro atoms. The fraction of sp³-hybridized carbons (Fsp3) is 0.333. The number of hydrogen-bond acceptors (Lipinski definition) is 7. The highest BCUT2D eigenvalue weighted by Gasteiger charge is 2.34. The Balaban J connectivity index is 2.40. The molecule has 1 aliphatic rings. The molecule has 0 aromatic heterocycles. The number of amides is 2. The topological polar surface area (TPSA) is 91.1 Å². The number of carbonyl (C=O) groups is 2. The molecule has 0 atom stereocenters. The van der Waals surface area contributed by atoms with E-state index in [0.29, 0.717) is 27.7 Å². The molecule has 2 rings (SSSR count). The lowest BCUT2D eigenvalue weighted by molar-refractivity contribution is -0.122. The van der Waals surface area contributed by atoms with Crippen LogP contribution in [0, 0.1) is 0 Å².